The quantitative estimate of drug-likeness (QED) is 0.614. The highest BCUT2D eigenvalue weighted by atomic mass is 35.5. The molecule has 0 saturated heterocycles. The minimum absolute atomic E-state index is 0.198. The SMILES string of the molecule is CCOc1ccc2c(c1)C(C)CC(C)(C)N2C(=O)Nc1ccc(Cl)c(Cl)c1. The molecular weight excluding hydrogens is 383 g/mol. The second-order valence-electron chi connectivity index (χ2n) is 7.47. The van der Waals surface area contributed by atoms with Crippen molar-refractivity contribution < 1.29 is 9.53 Å². The van der Waals surface area contributed by atoms with Crippen LogP contribution in [0.3, 0.4) is 0 Å². The summed E-state index contributed by atoms with van der Waals surface area (Å²) in [7, 11) is 0. The first-order valence-corrected chi connectivity index (χ1v) is 9.81. The van der Waals surface area contributed by atoms with Gasteiger partial charge in [0.25, 0.3) is 0 Å². The number of carbonyl (C=O) groups is 1. The molecule has 144 valence electrons. The molecule has 4 nitrogen and oxygen atoms in total. The van der Waals surface area contributed by atoms with E-state index >= 15 is 0 Å². The highest BCUT2D eigenvalue weighted by molar-refractivity contribution is 6.42. The highest BCUT2D eigenvalue weighted by Gasteiger charge is 2.40. The molecule has 1 unspecified atom stereocenters. The Bertz CT molecular complexity index is 867. The number of rotatable bonds is 3. The maximum absolute atomic E-state index is 13.2. The first-order chi connectivity index (χ1) is 12.7. The third-order valence-electron chi connectivity index (χ3n) is 4.87. The summed E-state index contributed by atoms with van der Waals surface area (Å²) >= 11 is 12.0. The number of fused-ring (bicyclic) bond motifs is 1. The van der Waals surface area contributed by atoms with Gasteiger partial charge >= 0.3 is 6.03 Å². The lowest BCUT2D eigenvalue weighted by Gasteiger charge is -2.45. The zero-order valence-electron chi connectivity index (χ0n) is 16.0. The Balaban J connectivity index is 1.96. The smallest absolute Gasteiger partial charge is 0.326 e. The predicted octanol–water partition coefficient (Wildman–Crippen LogP) is 6.72. The fourth-order valence-electron chi connectivity index (χ4n) is 3.80. The standard InChI is InChI=1S/C21H24Cl2N2O2/c1-5-27-15-7-9-19-16(11-15)13(2)12-21(3,4)25(19)20(26)24-14-6-8-17(22)18(23)10-14/h6-11,13H,5,12H2,1-4H3,(H,24,26). The summed E-state index contributed by atoms with van der Waals surface area (Å²) in [6, 6.07) is 10.8. The van der Waals surface area contributed by atoms with Gasteiger partial charge in [0, 0.05) is 16.9 Å². The third kappa shape index (κ3) is 4.02. The Morgan fingerprint density at radius 3 is 2.63 bits per heavy atom. The number of amides is 2. The lowest BCUT2D eigenvalue weighted by Crippen LogP contribution is -2.53. The fourth-order valence-corrected chi connectivity index (χ4v) is 4.10. The topological polar surface area (TPSA) is 41.6 Å². The van der Waals surface area contributed by atoms with Crippen molar-refractivity contribution in [2.75, 3.05) is 16.8 Å². The molecule has 0 fully saturated rings. The lowest BCUT2D eigenvalue weighted by atomic mass is 9.80. The van der Waals surface area contributed by atoms with Crippen molar-refractivity contribution >= 4 is 40.6 Å². The van der Waals surface area contributed by atoms with Crippen LogP contribution in [-0.2, 0) is 0 Å². The van der Waals surface area contributed by atoms with E-state index in [0.29, 0.717) is 28.3 Å². The van der Waals surface area contributed by atoms with Gasteiger partial charge in [-0.15, -0.1) is 0 Å². The highest BCUT2D eigenvalue weighted by Crippen LogP contribution is 2.45. The first kappa shape index (κ1) is 19.8. The van der Waals surface area contributed by atoms with Crippen LogP contribution in [-0.4, -0.2) is 18.2 Å². The maximum atomic E-state index is 13.2. The summed E-state index contributed by atoms with van der Waals surface area (Å²) in [6.45, 7) is 8.92. The molecule has 0 aromatic heterocycles. The molecule has 0 saturated carbocycles. The Labute approximate surface area is 170 Å². The molecule has 1 aliphatic rings. The van der Waals surface area contributed by atoms with Crippen LogP contribution in [0.4, 0.5) is 16.2 Å². The van der Waals surface area contributed by atoms with Gasteiger partial charge in [0.15, 0.2) is 0 Å². The monoisotopic (exact) mass is 406 g/mol. The van der Waals surface area contributed by atoms with E-state index in [1.165, 1.54) is 0 Å². The van der Waals surface area contributed by atoms with Gasteiger partial charge in [0.05, 0.1) is 16.7 Å². The van der Waals surface area contributed by atoms with Gasteiger partial charge < -0.3 is 10.1 Å². The van der Waals surface area contributed by atoms with Crippen molar-refractivity contribution in [3.8, 4) is 5.75 Å². The van der Waals surface area contributed by atoms with Gasteiger partial charge in [-0.05, 0) is 75.1 Å². The first-order valence-electron chi connectivity index (χ1n) is 9.06. The number of urea groups is 1. The number of hydrogen-bond acceptors (Lipinski definition) is 2. The largest absolute Gasteiger partial charge is 0.494 e. The van der Waals surface area contributed by atoms with Crippen LogP contribution in [0.25, 0.3) is 0 Å². The second kappa shape index (κ2) is 7.61. The molecule has 1 N–H and O–H groups in total. The van der Waals surface area contributed by atoms with Gasteiger partial charge in [-0.1, -0.05) is 30.1 Å². The van der Waals surface area contributed by atoms with Crippen LogP contribution in [0.2, 0.25) is 10.0 Å². The molecule has 0 spiro atoms. The molecule has 27 heavy (non-hydrogen) atoms. The van der Waals surface area contributed by atoms with Crippen LogP contribution in [0, 0.1) is 0 Å². The Morgan fingerprint density at radius 2 is 1.96 bits per heavy atom. The molecule has 2 aromatic carbocycles. The summed E-state index contributed by atoms with van der Waals surface area (Å²) < 4.78 is 5.64. The molecule has 0 bridgehead atoms. The summed E-state index contributed by atoms with van der Waals surface area (Å²) in [5.74, 6) is 1.15. The summed E-state index contributed by atoms with van der Waals surface area (Å²) in [5.41, 5.74) is 2.29. The van der Waals surface area contributed by atoms with Crippen molar-refractivity contribution in [3.63, 3.8) is 0 Å². The number of nitrogens with zero attached hydrogens (tertiary/aromatic N) is 1. The number of carbonyl (C=O) groups excluding carboxylic acids is 1. The normalized spacial score (nSPS) is 18.0. The number of halogens is 2. The minimum atomic E-state index is -0.333. The van der Waals surface area contributed by atoms with Crippen LogP contribution < -0.4 is 15.0 Å². The van der Waals surface area contributed by atoms with Gasteiger partial charge in [0.2, 0.25) is 0 Å². The van der Waals surface area contributed by atoms with E-state index in [0.717, 1.165) is 23.4 Å². The fraction of sp³-hybridized carbons (Fsp3) is 0.381. The Hall–Kier alpha value is -1.91. The summed E-state index contributed by atoms with van der Waals surface area (Å²) in [6.07, 6.45) is 0.852. The molecule has 6 heteroatoms. The molecular formula is C21H24Cl2N2O2. The number of nitrogens with one attached hydrogen (secondary N) is 1. The van der Waals surface area contributed by atoms with Crippen LogP contribution in [0.5, 0.6) is 5.75 Å². The van der Waals surface area contributed by atoms with E-state index < -0.39 is 0 Å². The molecule has 2 amide bonds. The predicted molar refractivity (Wildman–Crippen MR) is 113 cm³/mol. The lowest BCUT2D eigenvalue weighted by molar-refractivity contribution is 0.247. The zero-order valence-corrected chi connectivity index (χ0v) is 17.5. The molecule has 0 radical (unpaired) electrons. The van der Waals surface area contributed by atoms with E-state index in [1.54, 1.807) is 18.2 Å². The molecule has 1 heterocycles. The van der Waals surface area contributed by atoms with Crippen LogP contribution >= 0.6 is 23.2 Å². The van der Waals surface area contributed by atoms with E-state index in [2.05, 4.69) is 26.1 Å². The number of benzene rings is 2. The van der Waals surface area contributed by atoms with Crippen molar-refractivity contribution in [2.24, 2.45) is 0 Å². The van der Waals surface area contributed by atoms with Gasteiger partial charge in [0.1, 0.15) is 5.75 Å². The molecule has 0 aliphatic carbocycles. The van der Waals surface area contributed by atoms with E-state index in [1.807, 2.05) is 30.0 Å². The van der Waals surface area contributed by atoms with Crippen molar-refractivity contribution in [1.82, 2.24) is 0 Å². The van der Waals surface area contributed by atoms with Crippen molar-refractivity contribution in [3.05, 3.63) is 52.0 Å². The van der Waals surface area contributed by atoms with Crippen molar-refractivity contribution in [1.29, 1.82) is 0 Å². The van der Waals surface area contributed by atoms with Crippen LogP contribution in [0.1, 0.15) is 45.6 Å². The van der Waals surface area contributed by atoms with Crippen molar-refractivity contribution in [2.45, 2.75) is 45.6 Å². The van der Waals surface area contributed by atoms with E-state index in [9.17, 15) is 4.79 Å². The molecule has 3 rings (SSSR count). The second-order valence-corrected chi connectivity index (χ2v) is 8.28. The van der Waals surface area contributed by atoms with Gasteiger partial charge in [-0.3, -0.25) is 4.90 Å². The van der Waals surface area contributed by atoms with E-state index in [-0.39, 0.29) is 11.6 Å². The average molecular weight is 407 g/mol. The Morgan fingerprint density at radius 1 is 1.22 bits per heavy atom. The number of ether oxygens (including phenoxy) is 1. The molecule has 1 aliphatic heterocycles. The van der Waals surface area contributed by atoms with Gasteiger partial charge in [-0.2, -0.15) is 0 Å². The van der Waals surface area contributed by atoms with Gasteiger partial charge in [-0.25, -0.2) is 4.79 Å². The van der Waals surface area contributed by atoms with E-state index in [4.69, 9.17) is 27.9 Å². The molecule has 1 atom stereocenters. The Kier molecular flexibility index (Phi) is 5.59. The number of anilines is 2. The van der Waals surface area contributed by atoms with Crippen LogP contribution in [0.15, 0.2) is 36.4 Å². The zero-order chi connectivity index (χ0) is 19.8. The maximum Gasteiger partial charge on any atom is 0.326 e. The number of hydrogen-bond donors (Lipinski definition) is 1. The summed E-state index contributed by atoms with van der Waals surface area (Å²) in [5, 5.41) is 3.80. The third-order valence-corrected chi connectivity index (χ3v) is 5.61. The molecule has 2 aromatic rings. The minimum Gasteiger partial charge on any atom is -0.494 e. The average Bonchev–Trinajstić information content (AvgIpc) is 2.58. The summed E-state index contributed by atoms with van der Waals surface area (Å²) in [4.78, 5) is 15.0.